The van der Waals surface area contributed by atoms with Crippen molar-refractivity contribution in [2.75, 3.05) is 7.11 Å². The van der Waals surface area contributed by atoms with E-state index < -0.39 is 0 Å². The van der Waals surface area contributed by atoms with Gasteiger partial charge in [-0.05, 0) is 24.1 Å². The monoisotopic (exact) mass is 269 g/mol. The lowest BCUT2D eigenvalue weighted by Gasteiger charge is -2.18. The Morgan fingerprint density at radius 1 is 1.10 bits per heavy atom. The summed E-state index contributed by atoms with van der Waals surface area (Å²) >= 11 is 0. The van der Waals surface area contributed by atoms with E-state index in [0.717, 1.165) is 12.0 Å². The van der Waals surface area contributed by atoms with Crippen molar-refractivity contribution in [3.63, 3.8) is 0 Å². The first kappa shape index (κ1) is 14.1. The summed E-state index contributed by atoms with van der Waals surface area (Å²) < 4.78 is 5.23. The van der Waals surface area contributed by atoms with Crippen LogP contribution in [0.3, 0.4) is 0 Å². The first-order chi connectivity index (χ1) is 9.76. The Labute approximate surface area is 119 Å². The topological polar surface area (TPSA) is 38.3 Å². The van der Waals surface area contributed by atoms with Crippen LogP contribution in [0.1, 0.15) is 35.3 Å². The van der Waals surface area contributed by atoms with Crippen LogP contribution in [0.4, 0.5) is 0 Å². The molecular weight excluding hydrogens is 250 g/mol. The van der Waals surface area contributed by atoms with Crippen LogP contribution in [0.15, 0.2) is 54.6 Å². The molecule has 0 heterocycles. The number of para-hydroxylation sites is 1. The molecule has 1 N–H and O–H groups in total. The van der Waals surface area contributed by atoms with E-state index in [2.05, 4.69) is 12.2 Å². The Morgan fingerprint density at radius 2 is 1.75 bits per heavy atom. The van der Waals surface area contributed by atoms with Crippen LogP contribution in [-0.4, -0.2) is 13.0 Å². The summed E-state index contributed by atoms with van der Waals surface area (Å²) in [6, 6.07) is 17.2. The fourth-order valence-electron chi connectivity index (χ4n) is 2.17. The first-order valence-electron chi connectivity index (χ1n) is 6.75. The van der Waals surface area contributed by atoms with Crippen molar-refractivity contribution in [3.8, 4) is 5.75 Å². The lowest BCUT2D eigenvalue weighted by molar-refractivity contribution is 0.0932. The zero-order chi connectivity index (χ0) is 14.4. The number of ether oxygens (including phenoxy) is 1. The van der Waals surface area contributed by atoms with Gasteiger partial charge in [0.1, 0.15) is 5.75 Å². The minimum Gasteiger partial charge on any atom is -0.496 e. The van der Waals surface area contributed by atoms with Gasteiger partial charge in [-0.2, -0.15) is 0 Å². The van der Waals surface area contributed by atoms with Crippen molar-refractivity contribution in [1.29, 1.82) is 0 Å². The molecule has 0 aromatic heterocycles. The lowest BCUT2D eigenvalue weighted by atomic mass is 10.0. The highest BCUT2D eigenvalue weighted by Crippen LogP contribution is 2.20. The Morgan fingerprint density at radius 3 is 2.40 bits per heavy atom. The van der Waals surface area contributed by atoms with Gasteiger partial charge in [0.2, 0.25) is 0 Å². The normalized spacial score (nSPS) is 11.7. The van der Waals surface area contributed by atoms with Gasteiger partial charge in [-0.25, -0.2) is 0 Å². The molecule has 104 valence electrons. The van der Waals surface area contributed by atoms with Crippen molar-refractivity contribution in [2.45, 2.75) is 19.4 Å². The highest BCUT2D eigenvalue weighted by molar-refractivity contribution is 5.97. The molecule has 0 saturated carbocycles. The van der Waals surface area contributed by atoms with Crippen molar-refractivity contribution < 1.29 is 9.53 Å². The molecule has 1 amide bonds. The van der Waals surface area contributed by atoms with Gasteiger partial charge in [0.15, 0.2) is 0 Å². The standard InChI is InChI=1S/C17H19NO2/c1-3-15(13-9-5-4-6-10-13)18-17(19)14-11-7-8-12-16(14)20-2/h4-12,15H,3H2,1-2H3,(H,18,19). The molecule has 3 heteroatoms. The molecule has 0 radical (unpaired) electrons. The molecule has 0 spiro atoms. The maximum absolute atomic E-state index is 12.4. The van der Waals surface area contributed by atoms with Gasteiger partial charge in [0, 0.05) is 0 Å². The SMILES string of the molecule is CCC(NC(=O)c1ccccc1OC)c1ccccc1. The van der Waals surface area contributed by atoms with E-state index in [0.29, 0.717) is 11.3 Å². The van der Waals surface area contributed by atoms with Gasteiger partial charge in [-0.3, -0.25) is 4.79 Å². The molecule has 2 aromatic carbocycles. The van der Waals surface area contributed by atoms with Crippen molar-refractivity contribution in [1.82, 2.24) is 5.32 Å². The van der Waals surface area contributed by atoms with E-state index in [-0.39, 0.29) is 11.9 Å². The second kappa shape index (κ2) is 6.75. The third kappa shape index (κ3) is 3.18. The Balaban J connectivity index is 2.18. The van der Waals surface area contributed by atoms with Crippen LogP contribution < -0.4 is 10.1 Å². The Kier molecular flexibility index (Phi) is 4.77. The van der Waals surface area contributed by atoms with Gasteiger partial charge >= 0.3 is 0 Å². The van der Waals surface area contributed by atoms with Crippen LogP contribution in [0.2, 0.25) is 0 Å². The number of methoxy groups -OCH3 is 1. The molecule has 1 unspecified atom stereocenters. The minimum absolute atomic E-state index is 0.00797. The lowest BCUT2D eigenvalue weighted by Crippen LogP contribution is -2.28. The molecule has 3 nitrogen and oxygen atoms in total. The second-order valence-corrected chi connectivity index (χ2v) is 4.55. The minimum atomic E-state index is -0.113. The van der Waals surface area contributed by atoms with Gasteiger partial charge in [-0.1, -0.05) is 49.4 Å². The quantitative estimate of drug-likeness (QED) is 0.901. The number of nitrogens with one attached hydrogen (secondary N) is 1. The summed E-state index contributed by atoms with van der Waals surface area (Å²) in [6.45, 7) is 2.06. The molecule has 0 bridgehead atoms. The molecular formula is C17H19NO2. The van der Waals surface area contributed by atoms with E-state index in [4.69, 9.17) is 4.74 Å². The number of amides is 1. The van der Waals surface area contributed by atoms with Crippen LogP contribution in [0.25, 0.3) is 0 Å². The summed E-state index contributed by atoms with van der Waals surface area (Å²) in [4.78, 5) is 12.4. The van der Waals surface area contributed by atoms with Crippen LogP contribution in [0, 0.1) is 0 Å². The third-order valence-corrected chi connectivity index (χ3v) is 3.27. The van der Waals surface area contributed by atoms with Crippen molar-refractivity contribution in [3.05, 3.63) is 65.7 Å². The summed E-state index contributed by atoms with van der Waals surface area (Å²) in [5.41, 5.74) is 1.67. The zero-order valence-electron chi connectivity index (χ0n) is 11.8. The van der Waals surface area contributed by atoms with Crippen LogP contribution in [0.5, 0.6) is 5.75 Å². The van der Waals surface area contributed by atoms with Gasteiger partial charge < -0.3 is 10.1 Å². The Bertz CT molecular complexity index is 566. The third-order valence-electron chi connectivity index (χ3n) is 3.27. The number of carbonyl (C=O) groups is 1. The molecule has 0 fully saturated rings. The fraction of sp³-hybridized carbons (Fsp3) is 0.235. The highest BCUT2D eigenvalue weighted by atomic mass is 16.5. The fourth-order valence-corrected chi connectivity index (χ4v) is 2.17. The number of rotatable bonds is 5. The summed E-state index contributed by atoms with van der Waals surface area (Å²) in [6.07, 6.45) is 0.838. The molecule has 0 saturated heterocycles. The van der Waals surface area contributed by atoms with Crippen molar-refractivity contribution >= 4 is 5.91 Å². The smallest absolute Gasteiger partial charge is 0.255 e. The molecule has 2 rings (SSSR count). The maximum Gasteiger partial charge on any atom is 0.255 e. The average Bonchev–Trinajstić information content (AvgIpc) is 2.53. The highest BCUT2D eigenvalue weighted by Gasteiger charge is 2.16. The largest absolute Gasteiger partial charge is 0.496 e. The Hall–Kier alpha value is -2.29. The number of carbonyl (C=O) groups excluding carboxylic acids is 1. The predicted octanol–water partition coefficient (Wildman–Crippen LogP) is 3.58. The van der Waals surface area contributed by atoms with Crippen LogP contribution >= 0.6 is 0 Å². The maximum atomic E-state index is 12.4. The van der Waals surface area contributed by atoms with Gasteiger partial charge in [0.25, 0.3) is 5.91 Å². The molecule has 0 aliphatic carbocycles. The van der Waals surface area contributed by atoms with Gasteiger partial charge in [-0.15, -0.1) is 0 Å². The molecule has 20 heavy (non-hydrogen) atoms. The van der Waals surface area contributed by atoms with E-state index >= 15 is 0 Å². The van der Waals surface area contributed by atoms with E-state index in [1.807, 2.05) is 42.5 Å². The molecule has 0 aliphatic rings. The van der Waals surface area contributed by atoms with E-state index in [1.54, 1.807) is 19.2 Å². The zero-order valence-corrected chi connectivity index (χ0v) is 11.8. The molecule has 1 atom stereocenters. The van der Waals surface area contributed by atoms with Gasteiger partial charge in [0.05, 0.1) is 18.7 Å². The second-order valence-electron chi connectivity index (χ2n) is 4.55. The summed E-state index contributed by atoms with van der Waals surface area (Å²) in [5.74, 6) is 0.478. The summed E-state index contributed by atoms with van der Waals surface area (Å²) in [5, 5.41) is 3.06. The number of benzene rings is 2. The molecule has 0 aliphatic heterocycles. The molecule has 2 aromatic rings. The van der Waals surface area contributed by atoms with Crippen LogP contribution in [-0.2, 0) is 0 Å². The number of hydrogen-bond donors (Lipinski definition) is 1. The predicted molar refractivity (Wildman–Crippen MR) is 79.9 cm³/mol. The van der Waals surface area contributed by atoms with Crippen molar-refractivity contribution in [2.24, 2.45) is 0 Å². The van der Waals surface area contributed by atoms with E-state index in [1.165, 1.54) is 0 Å². The van der Waals surface area contributed by atoms with E-state index in [9.17, 15) is 4.79 Å². The average molecular weight is 269 g/mol. The summed E-state index contributed by atoms with van der Waals surface area (Å²) in [7, 11) is 1.57. The first-order valence-corrected chi connectivity index (χ1v) is 6.75. The number of hydrogen-bond acceptors (Lipinski definition) is 2.